The molecule has 0 saturated carbocycles. The van der Waals surface area contributed by atoms with Crippen molar-refractivity contribution in [3.63, 3.8) is 0 Å². The molecule has 0 amide bonds. The average molecular weight is 514 g/mol. The highest BCUT2D eigenvalue weighted by molar-refractivity contribution is 6.31. The molecule has 3 aromatic carbocycles. The van der Waals surface area contributed by atoms with Crippen LogP contribution in [-0.2, 0) is 12.6 Å². The van der Waals surface area contributed by atoms with E-state index in [2.05, 4.69) is 21.2 Å². The van der Waals surface area contributed by atoms with Crippen LogP contribution in [0.2, 0.25) is 10.0 Å². The zero-order valence-electron chi connectivity index (χ0n) is 19.2. The molecule has 3 aromatic heterocycles. The lowest BCUT2D eigenvalue weighted by Gasteiger charge is -2.31. The second-order valence-corrected chi connectivity index (χ2v) is 9.63. The van der Waals surface area contributed by atoms with Gasteiger partial charge < -0.3 is 16.0 Å². The van der Waals surface area contributed by atoms with Crippen LogP contribution in [0.5, 0.6) is 0 Å². The summed E-state index contributed by atoms with van der Waals surface area (Å²) in [6.45, 7) is 0. The van der Waals surface area contributed by atoms with E-state index < -0.39 is 5.54 Å². The fraction of sp³-hybridized carbons (Fsp3) is 0.0741. The molecule has 0 bridgehead atoms. The lowest BCUT2D eigenvalue weighted by atomic mass is 9.80. The highest BCUT2D eigenvalue weighted by atomic mass is 35.5. The number of nitrogens with zero attached hydrogens (tertiary/aromatic N) is 5. The van der Waals surface area contributed by atoms with Gasteiger partial charge in [0.1, 0.15) is 5.54 Å². The SMILES string of the molecule is Cn1cncc1C(N)(c1ccc(Cl)cc1)c1ccc2c(c1)c(-c1cccc(Cl)c1)cc1nnc(N)n12. The van der Waals surface area contributed by atoms with Crippen molar-refractivity contribution in [3.05, 3.63) is 112 Å². The first kappa shape index (κ1) is 22.5. The maximum absolute atomic E-state index is 7.30. The van der Waals surface area contributed by atoms with E-state index in [-0.39, 0.29) is 0 Å². The third-order valence-electron chi connectivity index (χ3n) is 6.63. The van der Waals surface area contributed by atoms with Crippen molar-refractivity contribution in [1.29, 1.82) is 0 Å². The van der Waals surface area contributed by atoms with Gasteiger partial charge in [0.2, 0.25) is 5.95 Å². The van der Waals surface area contributed by atoms with Crippen LogP contribution in [0.1, 0.15) is 16.8 Å². The lowest BCUT2D eigenvalue weighted by Crippen LogP contribution is -2.40. The molecule has 36 heavy (non-hydrogen) atoms. The Labute approximate surface area is 216 Å². The maximum Gasteiger partial charge on any atom is 0.226 e. The number of halogens is 2. The Bertz CT molecular complexity index is 1750. The number of nitrogens with two attached hydrogens (primary N) is 2. The quantitative estimate of drug-likeness (QED) is 0.327. The van der Waals surface area contributed by atoms with Gasteiger partial charge >= 0.3 is 0 Å². The molecular formula is C27H21Cl2N7. The van der Waals surface area contributed by atoms with Gasteiger partial charge in [0, 0.05) is 22.5 Å². The van der Waals surface area contributed by atoms with Crippen LogP contribution >= 0.6 is 23.2 Å². The number of nitrogen functional groups attached to an aromatic ring is 1. The van der Waals surface area contributed by atoms with Crippen LogP contribution < -0.4 is 11.5 Å². The number of benzene rings is 3. The predicted octanol–water partition coefficient (Wildman–Crippen LogP) is 5.42. The van der Waals surface area contributed by atoms with Gasteiger partial charge in [-0.05, 0) is 64.7 Å². The first-order valence-electron chi connectivity index (χ1n) is 11.2. The van der Waals surface area contributed by atoms with Crippen LogP contribution in [0.15, 0.2) is 85.3 Å². The summed E-state index contributed by atoms with van der Waals surface area (Å²) in [4.78, 5) is 4.34. The molecule has 0 fully saturated rings. The molecule has 0 aliphatic carbocycles. The smallest absolute Gasteiger partial charge is 0.226 e. The molecule has 0 aliphatic heterocycles. The first-order chi connectivity index (χ1) is 17.4. The number of rotatable bonds is 4. The summed E-state index contributed by atoms with van der Waals surface area (Å²) in [6, 6.07) is 23.3. The Morgan fingerprint density at radius 1 is 0.861 bits per heavy atom. The number of pyridine rings is 1. The molecule has 1 unspecified atom stereocenters. The second-order valence-electron chi connectivity index (χ2n) is 8.76. The molecule has 1 atom stereocenters. The molecule has 0 radical (unpaired) electrons. The van der Waals surface area contributed by atoms with Gasteiger partial charge in [0.25, 0.3) is 0 Å². The zero-order valence-corrected chi connectivity index (χ0v) is 20.7. The Morgan fingerprint density at radius 2 is 1.64 bits per heavy atom. The van der Waals surface area contributed by atoms with Crippen molar-refractivity contribution < 1.29 is 0 Å². The van der Waals surface area contributed by atoms with Crippen LogP contribution in [-0.4, -0.2) is 24.1 Å². The molecule has 0 spiro atoms. The molecule has 0 saturated heterocycles. The van der Waals surface area contributed by atoms with Gasteiger partial charge in [0.15, 0.2) is 5.65 Å². The van der Waals surface area contributed by atoms with Crippen LogP contribution in [0.4, 0.5) is 5.95 Å². The number of hydrogen-bond acceptors (Lipinski definition) is 5. The molecule has 178 valence electrons. The molecular weight excluding hydrogens is 493 g/mol. The molecule has 7 nitrogen and oxygen atoms in total. The third kappa shape index (κ3) is 3.44. The van der Waals surface area contributed by atoms with Crippen LogP contribution in [0, 0.1) is 0 Å². The van der Waals surface area contributed by atoms with Crippen molar-refractivity contribution >= 4 is 45.7 Å². The number of hydrogen-bond donors (Lipinski definition) is 2. The topological polar surface area (TPSA) is 100 Å². The number of imidazole rings is 1. The third-order valence-corrected chi connectivity index (χ3v) is 7.11. The largest absolute Gasteiger partial charge is 0.368 e. The highest BCUT2D eigenvalue weighted by Gasteiger charge is 2.35. The van der Waals surface area contributed by atoms with E-state index in [9.17, 15) is 0 Å². The van der Waals surface area contributed by atoms with E-state index in [1.807, 2.05) is 82.7 Å². The summed E-state index contributed by atoms with van der Waals surface area (Å²) in [7, 11) is 1.93. The molecule has 4 N–H and O–H groups in total. The predicted molar refractivity (Wildman–Crippen MR) is 144 cm³/mol. The molecule has 6 aromatic rings. The van der Waals surface area contributed by atoms with Crippen LogP contribution in [0.25, 0.3) is 27.7 Å². The molecule has 6 rings (SSSR count). The summed E-state index contributed by atoms with van der Waals surface area (Å²) >= 11 is 12.6. The van der Waals surface area contributed by atoms with Gasteiger partial charge in [0.05, 0.1) is 23.7 Å². The van der Waals surface area contributed by atoms with E-state index >= 15 is 0 Å². The first-order valence-corrected chi connectivity index (χ1v) is 12.0. The number of fused-ring (bicyclic) bond motifs is 3. The van der Waals surface area contributed by atoms with Crippen molar-refractivity contribution in [2.45, 2.75) is 5.54 Å². The minimum atomic E-state index is -1.01. The van der Waals surface area contributed by atoms with Crippen molar-refractivity contribution in [2.24, 2.45) is 12.8 Å². The molecule has 0 aliphatic rings. The summed E-state index contributed by atoms with van der Waals surface area (Å²) in [6.07, 6.45) is 3.53. The summed E-state index contributed by atoms with van der Waals surface area (Å²) in [5.41, 5.74) is 18.5. The van der Waals surface area contributed by atoms with Crippen molar-refractivity contribution in [1.82, 2.24) is 24.1 Å². The normalized spacial score (nSPS) is 13.3. The maximum atomic E-state index is 7.30. The lowest BCUT2D eigenvalue weighted by molar-refractivity contribution is 0.596. The van der Waals surface area contributed by atoms with Gasteiger partial charge in [-0.1, -0.05) is 53.5 Å². The minimum Gasteiger partial charge on any atom is -0.368 e. The van der Waals surface area contributed by atoms with Gasteiger partial charge in [-0.25, -0.2) is 4.98 Å². The van der Waals surface area contributed by atoms with Crippen molar-refractivity contribution in [2.75, 3.05) is 5.73 Å². The van der Waals surface area contributed by atoms with Crippen LogP contribution in [0.3, 0.4) is 0 Å². The van der Waals surface area contributed by atoms with Gasteiger partial charge in [-0.2, -0.15) is 0 Å². The number of aryl methyl sites for hydroxylation is 1. The number of aromatic nitrogens is 5. The summed E-state index contributed by atoms with van der Waals surface area (Å²) in [5.74, 6) is 0.309. The summed E-state index contributed by atoms with van der Waals surface area (Å²) < 4.78 is 3.76. The van der Waals surface area contributed by atoms with Crippen molar-refractivity contribution in [3.8, 4) is 11.1 Å². The Hall–Kier alpha value is -3.91. The van der Waals surface area contributed by atoms with E-state index in [0.717, 1.165) is 38.9 Å². The zero-order chi connectivity index (χ0) is 25.0. The Kier molecular flexibility index (Phi) is 5.22. The summed E-state index contributed by atoms with van der Waals surface area (Å²) in [5, 5.41) is 10.6. The fourth-order valence-electron chi connectivity index (χ4n) is 4.86. The van der Waals surface area contributed by atoms with E-state index in [1.54, 1.807) is 12.5 Å². The van der Waals surface area contributed by atoms with E-state index in [4.69, 9.17) is 34.7 Å². The molecule has 9 heteroatoms. The van der Waals surface area contributed by atoms with E-state index in [1.165, 1.54) is 0 Å². The fourth-order valence-corrected chi connectivity index (χ4v) is 5.17. The standard InChI is InChI=1S/C27H21Cl2N7/c1-35-15-32-14-24(35)27(31,17-5-8-19(28)9-6-17)18-7-10-23-22(12-18)21(16-3-2-4-20(29)11-16)13-25-33-34-26(30)36(23)25/h2-15H,31H2,1H3,(H2,30,34). The minimum absolute atomic E-state index is 0.309. The number of anilines is 1. The van der Waals surface area contributed by atoms with Gasteiger partial charge in [-0.15, -0.1) is 10.2 Å². The monoisotopic (exact) mass is 513 g/mol. The Morgan fingerprint density at radius 3 is 2.36 bits per heavy atom. The molecule has 3 heterocycles. The van der Waals surface area contributed by atoms with E-state index in [0.29, 0.717) is 21.6 Å². The Balaban J connectivity index is 1.70. The highest BCUT2D eigenvalue weighted by Crippen LogP contribution is 2.39. The van der Waals surface area contributed by atoms with Gasteiger partial charge in [-0.3, -0.25) is 4.40 Å². The second kappa shape index (κ2) is 8.34. The average Bonchev–Trinajstić information content (AvgIpc) is 3.48.